The normalized spacial score (nSPS) is 12.7. The van der Waals surface area contributed by atoms with E-state index in [-0.39, 0.29) is 43.8 Å². The number of anilines is 1. The summed E-state index contributed by atoms with van der Waals surface area (Å²) in [5.74, 6) is -0.0265. The van der Waals surface area contributed by atoms with Crippen LogP contribution in [0.25, 0.3) is 0 Å². The highest BCUT2D eigenvalue weighted by Crippen LogP contribution is 2.30. The van der Waals surface area contributed by atoms with E-state index in [4.69, 9.17) is 16.3 Å². The van der Waals surface area contributed by atoms with E-state index in [1.807, 2.05) is 63.2 Å². The van der Waals surface area contributed by atoms with E-state index in [0.717, 1.165) is 23.8 Å². The molecule has 1 N–H and O–H groups in total. The van der Waals surface area contributed by atoms with E-state index in [0.29, 0.717) is 29.5 Å². The average Bonchev–Trinajstić information content (AvgIpc) is 2.98. The van der Waals surface area contributed by atoms with Crippen molar-refractivity contribution in [3.05, 3.63) is 95.0 Å². The molecule has 0 aliphatic heterocycles. The van der Waals surface area contributed by atoms with Gasteiger partial charge in [-0.3, -0.25) is 13.9 Å². The Kier molecular flexibility index (Phi) is 12.9. The van der Waals surface area contributed by atoms with Gasteiger partial charge in [-0.15, -0.1) is 0 Å². The number of para-hydroxylation sites is 2. The SMILES string of the molecule is CCOc1ccccc1N(CCCC(=O)N(Cc1ccc(Cl)cc1)C(Cc1ccccc1)C(=O)NC(C)CC)S(C)(=O)=O. The molecule has 0 saturated heterocycles. The van der Waals surface area contributed by atoms with Gasteiger partial charge < -0.3 is 15.0 Å². The predicted octanol–water partition coefficient (Wildman–Crippen LogP) is 5.84. The zero-order valence-electron chi connectivity index (χ0n) is 25.3. The number of carbonyl (C=O) groups is 2. The third-order valence-corrected chi connectivity index (χ3v) is 8.56. The minimum Gasteiger partial charge on any atom is -0.492 e. The second kappa shape index (κ2) is 16.3. The monoisotopic (exact) mass is 627 g/mol. The maximum absolute atomic E-state index is 14.0. The van der Waals surface area contributed by atoms with E-state index in [2.05, 4.69) is 5.32 Å². The molecule has 0 heterocycles. The maximum atomic E-state index is 14.0. The van der Waals surface area contributed by atoms with Crippen molar-refractivity contribution in [2.45, 2.75) is 65.1 Å². The number of sulfonamides is 1. The molecule has 2 atom stereocenters. The van der Waals surface area contributed by atoms with Gasteiger partial charge in [-0.2, -0.15) is 0 Å². The van der Waals surface area contributed by atoms with Crippen molar-refractivity contribution in [2.24, 2.45) is 0 Å². The number of carbonyl (C=O) groups excluding carboxylic acids is 2. The third kappa shape index (κ3) is 10.3. The van der Waals surface area contributed by atoms with Crippen molar-refractivity contribution in [3.8, 4) is 5.75 Å². The first-order chi connectivity index (χ1) is 20.5. The molecule has 0 aliphatic rings. The fourth-order valence-electron chi connectivity index (χ4n) is 4.70. The molecular weight excluding hydrogens is 586 g/mol. The highest BCUT2D eigenvalue weighted by atomic mass is 35.5. The molecule has 0 bridgehead atoms. The van der Waals surface area contributed by atoms with Crippen molar-refractivity contribution in [1.82, 2.24) is 10.2 Å². The molecule has 43 heavy (non-hydrogen) atoms. The summed E-state index contributed by atoms with van der Waals surface area (Å²) in [6.07, 6.45) is 2.51. The van der Waals surface area contributed by atoms with E-state index >= 15 is 0 Å². The maximum Gasteiger partial charge on any atom is 0.243 e. The smallest absolute Gasteiger partial charge is 0.243 e. The van der Waals surface area contributed by atoms with E-state index in [1.54, 1.807) is 41.3 Å². The fraction of sp³-hybridized carbons (Fsp3) is 0.394. The molecular formula is C33H42ClN3O5S. The van der Waals surface area contributed by atoms with Crippen molar-refractivity contribution in [3.63, 3.8) is 0 Å². The van der Waals surface area contributed by atoms with Gasteiger partial charge in [0.25, 0.3) is 0 Å². The van der Waals surface area contributed by atoms with Crippen LogP contribution in [0.1, 0.15) is 51.2 Å². The van der Waals surface area contributed by atoms with Crippen LogP contribution in [0.5, 0.6) is 5.75 Å². The summed E-state index contributed by atoms with van der Waals surface area (Å²) in [6.45, 7) is 6.41. The van der Waals surface area contributed by atoms with Gasteiger partial charge in [-0.05, 0) is 62.1 Å². The second-order valence-corrected chi connectivity index (χ2v) is 12.9. The first kappa shape index (κ1) is 33.9. The van der Waals surface area contributed by atoms with Crippen LogP contribution in [0.15, 0.2) is 78.9 Å². The van der Waals surface area contributed by atoms with Crippen molar-refractivity contribution in [1.29, 1.82) is 0 Å². The molecule has 0 saturated carbocycles. The molecule has 10 heteroatoms. The van der Waals surface area contributed by atoms with Crippen LogP contribution in [-0.4, -0.2) is 56.6 Å². The summed E-state index contributed by atoms with van der Waals surface area (Å²) < 4.78 is 32.6. The van der Waals surface area contributed by atoms with E-state index in [1.165, 1.54) is 4.31 Å². The summed E-state index contributed by atoms with van der Waals surface area (Å²) in [6, 6.07) is 22.9. The summed E-state index contributed by atoms with van der Waals surface area (Å²) in [4.78, 5) is 29.3. The molecule has 0 spiro atoms. The fourth-order valence-corrected chi connectivity index (χ4v) is 5.80. The zero-order valence-corrected chi connectivity index (χ0v) is 26.9. The van der Waals surface area contributed by atoms with Crippen LogP contribution in [-0.2, 0) is 32.6 Å². The summed E-state index contributed by atoms with van der Waals surface area (Å²) >= 11 is 6.11. The summed E-state index contributed by atoms with van der Waals surface area (Å²) in [5.41, 5.74) is 2.18. The number of amides is 2. The molecule has 2 amide bonds. The molecule has 3 aromatic rings. The summed E-state index contributed by atoms with van der Waals surface area (Å²) in [7, 11) is -3.66. The Morgan fingerprint density at radius 2 is 1.58 bits per heavy atom. The van der Waals surface area contributed by atoms with Crippen LogP contribution < -0.4 is 14.4 Å². The lowest BCUT2D eigenvalue weighted by atomic mass is 10.0. The standard InChI is InChI=1S/C33H42ClN3O5S/c1-5-25(3)35-33(39)30(23-26-13-8-7-9-14-26)36(24-27-18-20-28(34)21-19-27)32(38)17-12-22-37(43(4,40)41)29-15-10-11-16-31(29)42-6-2/h7-11,13-16,18-21,25,30H,5-6,12,17,22-24H2,1-4H3,(H,35,39). The Labute approximate surface area is 261 Å². The van der Waals surface area contributed by atoms with Crippen molar-refractivity contribution in [2.75, 3.05) is 23.7 Å². The van der Waals surface area contributed by atoms with Crippen LogP contribution in [0.2, 0.25) is 5.02 Å². The molecule has 232 valence electrons. The molecule has 0 fully saturated rings. The number of ether oxygens (including phenoxy) is 1. The molecule has 0 radical (unpaired) electrons. The molecule has 3 rings (SSSR count). The van der Waals surface area contributed by atoms with Crippen LogP contribution in [0.3, 0.4) is 0 Å². The van der Waals surface area contributed by atoms with Gasteiger partial charge in [-0.1, -0.05) is 73.1 Å². The van der Waals surface area contributed by atoms with Crippen molar-refractivity contribution < 1.29 is 22.7 Å². The van der Waals surface area contributed by atoms with Gasteiger partial charge in [-0.25, -0.2) is 8.42 Å². The topological polar surface area (TPSA) is 96.0 Å². The van der Waals surface area contributed by atoms with Crippen LogP contribution in [0, 0.1) is 0 Å². The predicted molar refractivity (Wildman–Crippen MR) is 173 cm³/mol. The highest BCUT2D eigenvalue weighted by molar-refractivity contribution is 7.92. The van der Waals surface area contributed by atoms with E-state index < -0.39 is 16.1 Å². The summed E-state index contributed by atoms with van der Waals surface area (Å²) in [5, 5.41) is 3.63. The minimum absolute atomic E-state index is 0.0400. The number of nitrogens with one attached hydrogen (secondary N) is 1. The lowest BCUT2D eigenvalue weighted by Crippen LogP contribution is -2.52. The molecule has 3 aromatic carbocycles. The Hall–Kier alpha value is -3.56. The van der Waals surface area contributed by atoms with E-state index in [9.17, 15) is 18.0 Å². The molecule has 0 aromatic heterocycles. The van der Waals surface area contributed by atoms with Gasteiger partial charge in [0.1, 0.15) is 11.8 Å². The van der Waals surface area contributed by atoms with Gasteiger partial charge in [0, 0.05) is 37.0 Å². The third-order valence-electron chi connectivity index (χ3n) is 7.12. The first-order valence-corrected chi connectivity index (χ1v) is 16.8. The Bertz CT molecular complexity index is 1430. The first-order valence-electron chi connectivity index (χ1n) is 14.6. The average molecular weight is 628 g/mol. The van der Waals surface area contributed by atoms with Crippen LogP contribution >= 0.6 is 11.6 Å². The van der Waals surface area contributed by atoms with Gasteiger partial charge in [0.05, 0.1) is 18.6 Å². The molecule has 0 aliphatic carbocycles. The number of hydrogen-bond acceptors (Lipinski definition) is 5. The van der Waals surface area contributed by atoms with Gasteiger partial charge in [0.15, 0.2) is 0 Å². The number of nitrogens with zero attached hydrogens (tertiary/aromatic N) is 2. The number of halogens is 1. The lowest BCUT2D eigenvalue weighted by molar-refractivity contribution is -0.141. The zero-order chi connectivity index (χ0) is 31.4. The van der Waals surface area contributed by atoms with Gasteiger partial charge in [0.2, 0.25) is 21.8 Å². The lowest BCUT2D eigenvalue weighted by Gasteiger charge is -2.33. The molecule has 2 unspecified atom stereocenters. The quantitative estimate of drug-likeness (QED) is 0.215. The largest absolute Gasteiger partial charge is 0.492 e. The molecule has 8 nitrogen and oxygen atoms in total. The number of rotatable bonds is 16. The Morgan fingerprint density at radius 1 is 0.930 bits per heavy atom. The minimum atomic E-state index is -3.66. The number of hydrogen-bond donors (Lipinski definition) is 1. The number of benzene rings is 3. The highest BCUT2D eigenvalue weighted by Gasteiger charge is 2.31. The second-order valence-electron chi connectivity index (χ2n) is 10.5. The Morgan fingerprint density at radius 3 is 2.21 bits per heavy atom. The van der Waals surface area contributed by atoms with Gasteiger partial charge >= 0.3 is 0 Å². The van der Waals surface area contributed by atoms with Crippen molar-refractivity contribution >= 4 is 39.1 Å². The Balaban J connectivity index is 1.90. The van der Waals surface area contributed by atoms with Crippen LogP contribution in [0.4, 0.5) is 5.69 Å².